The third kappa shape index (κ3) is 5.27. The van der Waals surface area contributed by atoms with Gasteiger partial charge < -0.3 is 14.8 Å². The normalized spacial score (nSPS) is 22.8. The molecule has 0 heterocycles. The number of anilines is 1. The molecule has 1 fully saturated rings. The maximum atomic E-state index is 12.4. The van der Waals surface area contributed by atoms with Crippen LogP contribution < -0.4 is 10.1 Å². The Hall–Kier alpha value is -1.97. The average molecular weight is 372 g/mol. The Labute approximate surface area is 163 Å². The van der Waals surface area contributed by atoms with Crippen LogP contribution in [0.25, 0.3) is 0 Å². The van der Waals surface area contributed by atoms with Gasteiger partial charge in [0.2, 0.25) is 0 Å². The molecule has 0 amide bonds. The SMILES string of the molecule is CCCCOC(=O)c1ccc(NCC2CC3C=CC2C3)cc1OCCCC. The number of nitrogens with one attached hydrogen (secondary N) is 1. The largest absolute Gasteiger partial charge is 0.493 e. The highest BCUT2D eigenvalue weighted by molar-refractivity contribution is 5.93. The first-order valence-corrected chi connectivity index (χ1v) is 10.6. The second-order valence-electron chi connectivity index (χ2n) is 7.82. The number of allylic oxidation sites excluding steroid dienone is 2. The van der Waals surface area contributed by atoms with Crippen molar-refractivity contribution in [2.45, 2.75) is 52.4 Å². The lowest BCUT2D eigenvalue weighted by molar-refractivity contribution is 0.0495. The van der Waals surface area contributed by atoms with Gasteiger partial charge in [-0.25, -0.2) is 4.79 Å². The highest BCUT2D eigenvalue weighted by Gasteiger charge is 2.35. The lowest BCUT2D eigenvalue weighted by Crippen LogP contribution is -2.18. The minimum Gasteiger partial charge on any atom is -0.493 e. The third-order valence-electron chi connectivity index (χ3n) is 5.67. The maximum Gasteiger partial charge on any atom is 0.341 e. The standard InChI is InChI=1S/C23H33NO3/c1-3-5-11-26-22-15-20(9-10-21(22)23(25)27-12-6-4-2)24-16-19-14-17-7-8-18(19)13-17/h7-10,15,17-19,24H,3-6,11-14,16H2,1-2H3. The van der Waals surface area contributed by atoms with E-state index in [2.05, 4.69) is 31.3 Å². The molecule has 1 aromatic carbocycles. The molecule has 1 N–H and O–H groups in total. The number of unbranched alkanes of at least 4 members (excludes halogenated alkanes) is 2. The van der Waals surface area contributed by atoms with Crippen LogP contribution in [-0.2, 0) is 4.74 Å². The van der Waals surface area contributed by atoms with Crippen molar-refractivity contribution in [3.05, 3.63) is 35.9 Å². The molecule has 1 aromatic rings. The molecule has 27 heavy (non-hydrogen) atoms. The van der Waals surface area contributed by atoms with Crippen LogP contribution in [0.2, 0.25) is 0 Å². The van der Waals surface area contributed by atoms with E-state index >= 15 is 0 Å². The first-order valence-electron chi connectivity index (χ1n) is 10.6. The Morgan fingerprint density at radius 2 is 1.93 bits per heavy atom. The first-order chi connectivity index (χ1) is 13.2. The molecular weight excluding hydrogens is 338 g/mol. The minimum absolute atomic E-state index is 0.292. The summed E-state index contributed by atoms with van der Waals surface area (Å²) in [6.07, 6.45) is 11.3. The number of fused-ring (bicyclic) bond motifs is 2. The van der Waals surface area contributed by atoms with Gasteiger partial charge in [0.05, 0.1) is 13.2 Å². The van der Waals surface area contributed by atoms with E-state index in [9.17, 15) is 4.79 Å². The number of esters is 1. The fourth-order valence-corrected chi connectivity index (χ4v) is 4.01. The van der Waals surface area contributed by atoms with E-state index in [1.807, 2.05) is 18.2 Å². The summed E-state index contributed by atoms with van der Waals surface area (Å²) in [6, 6.07) is 5.75. The van der Waals surface area contributed by atoms with Gasteiger partial charge in [0.25, 0.3) is 0 Å². The van der Waals surface area contributed by atoms with E-state index in [1.54, 1.807) is 0 Å². The molecule has 2 aliphatic rings. The van der Waals surface area contributed by atoms with E-state index in [-0.39, 0.29) is 5.97 Å². The molecule has 3 atom stereocenters. The van der Waals surface area contributed by atoms with Crippen molar-refractivity contribution < 1.29 is 14.3 Å². The van der Waals surface area contributed by atoms with Crippen molar-refractivity contribution >= 4 is 11.7 Å². The van der Waals surface area contributed by atoms with Crippen molar-refractivity contribution in [1.82, 2.24) is 0 Å². The summed E-state index contributed by atoms with van der Waals surface area (Å²) in [5.74, 6) is 2.57. The van der Waals surface area contributed by atoms with Crippen molar-refractivity contribution in [3.8, 4) is 5.75 Å². The van der Waals surface area contributed by atoms with Gasteiger partial charge in [-0.3, -0.25) is 0 Å². The summed E-state index contributed by atoms with van der Waals surface area (Å²) in [5, 5.41) is 3.55. The zero-order chi connectivity index (χ0) is 19.1. The lowest BCUT2D eigenvalue weighted by Gasteiger charge is -2.20. The highest BCUT2D eigenvalue weighted by atomic mass is 16.5. The fraction of sp³-hybridized carbons (Fsp3) is 0.609. The van der Waals surface area contributed by atoms with Crippen LogP contribution in [0.5, 0.6) is 5.75 Å². The molecule has 0 spiro atoms. The van der Waals surface area contributed by atoms with E-state index < -0.39 is 0 Å². The van der Waals surface area contributed by atoms with E-state index in [0.717, 1.165) is 49.8 Å². The van der Waals surface area contributed by atoms with Crippen LogP contribution in [0.15, 0.2) is 30.4 Å². The van der Waals surface area contributed by atoms with Gasteiger partial charge in [0.1, 0.15) is 11.3 Å². The Bertz CT molecular complexity index is 655. The van der Waals surface area contributed by atoms with Gasteiger partial charge in [0, 0.05) is 18.3 Å². The van der Waals surface area contributed by atoms with Gasteiger partial charge in [0.15, 0.2) is 0 Å². The molecule has 2 bridgehead atoms. The maximum absolute atomic E-state index is 12.4. The smallest absolute Gasteiger partial charge is 0.341 e. The predicted molar refractivity (Wildman–Crippen MR) is 109 cm³/mol. The second kappa shape index (κ2) is 9.82. The first kappa shape index (κ1) is 19.8. The van der Waals surface area contributed by atoms with Crippen LogP contribution in [-0.4, -0.2) is 25.7 Å². The molecule has 3 unspecified atom stereocenters. The molecule has 4 heteroatoms. The number of carbonyl (C=O) groups excluding carboxylic acids is 1. The van der Waals surface area contributed by atoms with Crippen molar-refractivity contribution in [3.63, 3.8) is 0 Å². The zero-order valence-corrected chi connectivity index (χ0v) is 16.7. The van der Waals surface area contributed by atoms with Gasteiger partial charge >= 0.3 is 5.97 Å². The van der Waals surface area contributed by atoms with Gasteiger partial charge in [-0.05, 0) is 55.6 Å². The summed E-state index contributed by atoms with van der Waals surface area (Å²) >= 11 is 0. The van der Waals surface area contributed by atoms with Crippen molar-refractivity contribution in [2.75, 3.05) is 25.1 Å². The Morgan fingerprint density at radius 3 is 2.63 bits per heavy atom. The van der Waals surface area contributed by atoms with Crippen LogP contribution in [0.1, 0.15) is 62.7 Å². The van der Waals surface area contributed by atoms with Gasteiger partial charge in [-0.15, -0.1) is 0 Å². The van der Waals surface area contributed by atoms with E-state index in [0.29, 0.717) is 30.4 Å². The molecule has 0 aliphatic heterocycles. The van der Waals surface area contributed by atoms with Crippen LogP contribution in [0.4, 0.5) is 5.69 Å². The van der Waals surface area contributed by atoms with Crippen molar-refractivity contribution in [2.24, 2.45) is 17.8 Å². The predicted octanol–water partition coefficient (Wildman–Crippen LogP) is 5.45. The monoisotopic (exact) mass is 371 g/mol. The minimum atomic E-state index is -0.292. The third-order valence-corrected chi connectivity index (χ3v) is 5.67. The lowest BCUT2D eigenvalue weighted by atomic mass is 9.93. The summed E-state index contributed by atoms with van der Waals surface area (Å²) in [5.41, 5.74) is 1.54. The highest BCUT2D eigenvalue weighted by Crippen LogP contribution is 2.43. The van der Waals surface area contributed by atoms with Crippen LogP contribution in [0.3, 0.4) is 0 Å². The number of hydrogen-bond donors (Lipinski definition) is 1. The number of rotatable bonds is 11. The number of benzene rings is 1. The number of carbonyl (C=O) groups is 1. The molecule has 0 saturated heterocycles. The summed E-state index contributed by atoms with van der Waals surface area (Å²) in [4.78, 5) is 12.4. The molecule has 3 rings (SSSR count). The summed E-state index contributed by atoms with van der Waals surface area (Å²) in [7, 11) is 0. The topological polar surface area (TPSA) is 47.6 Å². The quantitative estimate of drug-likeness (QED) is 0.319. The molecule has 148 valence electrons. The van der Waals surface area contributed by atoms with E-state index in [4.69, 9.17) is 9.47 Å². The second-order valence-corrected chi connectivity index (χ2v) is 7.82. The molecule has 2 aliphatic carbocycles. The average Bonchev–Trinajstić information content (AvgIpc) is 3.30. The molecular formula is C23H33NO3. The zero-order valence-electron chi connectivity index (χ0n) is 16.7. The summed E-state index contributed by atoms with van der Waals surface area (Å²) in [6.45, 7) is 6.26. The van der Waals surface area contributed by atoms with Crippen LogP contribution in [0, 0.1) is 17.8 Å². The van der Waals surface area contributed by atoms with Gasteiger partial charge in [-0.2, -0.15) is 0 Å². The Balaban J connectivity index is 1.63. The summed E-state index contributed by atoms with van der Waals surface area (Å²) < 4.78 is 11.3. The molecule has 1 saturated carbocycles. The Kier molecular flexibility index (Phi) is 7.19. The number of hydrogen-bond acceptors (Lipinski definition) is 4. The molecule has 0 aromatic heterocycles. The fourth-order valence-electron chi connectivity index (χ4n) is 4.01. The molecule has 0 radical (unpaired) electrons. The van der Waals surface area contributed by atoms with E-state index in [1.165, 1.54) is 12.8 Å². The van der Waals surface area contributed by atoms with Gasteiger partial charge in [-0.1, -0.05) is 38.8 Å². The van der Waals surface area contributed by atoms with Crippen molar-refractivity contribution in [1.29, 1.82) is 0 Å². The van der Waals surface area contributed by atoms with Crippen LogP contribution >= 0.6 is 0 Å². The number of ether oxygens (including phenoxy) is 2. The Morgan fingerprint density at radius 1 is 1.11 bits per heavy atom. The molecule has 4 nitrogen and oxygen atoms in total.